The molecule has 3 N–H and O–H groups in total. The number of aromatic nitrogens is 2. The number of aryl methyl sites for hydroxylation is 1. The second-order valence-corrected chi connectivity index (χ2v) is 6.78. The fourth-order valence-electron chi connectivity index (χ4n) is 2.58. The van der Waals surface area contributed by atoms with Crippen molar-refractivity contribution in [1.82, 2.24) is 15.1 Å². The van der Waals surface area contributed by atoms with Crippen molar-refractivity contribution >= 4 is 15.9 Å². The standard InChI is InChI=1S/C12H20N4O3S/c1-3-9-11(20(13,18)19)10(15-14-9)12(17)16-6-4-5-8(2)7-16/h8H,3-7H2,1-2H3,(H,14,15)(H2,13,18,19). The molecule has 1 aromatic heterocycles. The number of likely N-dealkylation sites (tertiary alicyclic amines) is 1. The molecule has 8 heteroatoms. The molecule has 2 heterocycles. The number of amides is 1. The van der Waals surface area contributed by atoms with Crippen LogP contribution in [-0.4, -0.2) is 42.5 Å². The largest absolute Gasteiger partial charge is 0.337 e. The van der Waals surface area contributed by atoms with Gasteiger partial charge in [-0.25, -0.2) is 13.6 Å². The quantitative estimate of drug-likeness (QED) is 0.846. The lowest BCUT2D eigenvalue weighted by atomic mass is 10.00. The van der Waals surface area contributed by atoms with Crippen molar-refractivity contribution < 1.29 is 13.2 Å². The Morgan fingerprint density at radius 3 is 2.80 bits per heavy atom. The summed E-state index contributed by atoms with van der Waals surface area (Å²) in [5.41, 5.74) is 0.291. The van der Waals surface area contributed by atoms with Gasteiger partial charge in [-0.05, 0) is 25.2 Å². The molecule has 0 radical (unpaired) electrons. The van der Waals surface area contributed by atoms with Crippen LogP contribution in [0.1, 0.15) is 42.9 Å². The van der Waals surface area contributed by atoms with Crippen LogP contribution in [0.3, 0.4) is 0 Å². The van der Waals surface area contributed by atoms with Crippen molar-refractivity contribution in [1.29, 1.82) is 0 Å². The molecular formula is C12H20N4O3S. The molecule has 1 aromatic rings. The molecule has 0 aromatic carbocycles. The fraction of sp³-hybridized carbons (Fsp3) is 0.667. The van der Waals surface area contributed by atoms with Gasteiger partial charge in [0.1, 0.15) is 4.90 Å². The second kappa shape index (κ2) is 5.53. The molecule has 2 rings (SSSR count). The van der Waals surface area contributed by atoms with E-state index in [1.807, 2.05) is 0 Å². The van der Waals surface area contributed by atoms with Gasteiger partial charge in [-0.15, -0.1) is 0 Å². The summed E-state index contributed by atoms with van der Waals surface area (Å²) in [6.45, 7) is 5.10. The van der Waals surface area contributed by atoms with E-state index in [2.05, 4.69) is 17.1 Å². The van der Waals surface area contributed by atoms with Gasteiger partial charge in [-0.1, -0.05) is 13.8 Å². The van der Waals surface area contributed by atoms with Crippen molar-refractivity contribution in [2.24, 2.45) is 11.1 Å². The van der Waals surface area contributed by atoms with Gasteiger partial charge in [-0.2, -0.15) is 5.10 Å². The van der Waals surface area contributed by atoms with Crippen LogP contribution in [0.15, 0.2) is 4.90 Å². The summed E-state index contributed by atoms with van der Waals surface area (Å²) >= 11 is 0. The molecule has 1 saturated heterocycles. The third-order valence-corrected chi connectivity index (χ3v) is 4.59. The number of aromatic amines is 1. The van der Waals surface area contributed by atoms with Crippen molar-refractivity contribution in [3.63, 3.8) is 0 Å². The minimum Gasteiger partial charge on any atom is -0.337 e. The number of carbonyl (C=O) groups is 1. The molecule has 1 unspecified atom stereocenters. The molecule has 1 amide bonds. The van der Waals surface area contributed by atoms with Gasteiger partial charge in [0.25, 0.3) is 5.91 Å². The third-order valence-electron chi connectivity index (χ3n) is 3.58. The molecule has 1 aliphatic rings. The average Bonchev–Trinajstić information content (AvgIpc) is 2.81. The molecule has 0 aliphatic carbocycles. The van der Waals surface area contributed by atoms with E-state index >= 15 is 0 Å². The van der Waals surface area contributed by atoms with Gasteiger partial charge >= 0.3 is 0 Å². The Kier molecular flexibility index (Phi) is 4.14. The van der Waals surface area contributed by atoms with E-state index in [0.717, 1.165) is 12.8 Å². The zero-order valence-corrected chi connectivity index (χ0v) is 12.5. The Morgan fingerprint density at radius 1 is 1.55 bits per heavy atom. The van der Waals surface area contributed by atoms with Gasteiger partial charge in [0.2, 0.25) is 10.0 Å². The number of nitrogens with one attached hydrogen (secondary N) is 1. The SMILES string of the molecule is CCc1[nH]nc(C(=O)N2CCCC(C)C2)c1S(N)(=O)=O. The van der Waals surface area contributed by atoms with Gasteiger partial charge in [0.15, 0.2) is 5.69 Å². The lowest BCUT2D eigenvalue weighted by molar-refractivity contribution is 0.0673. The van der Waals surface area contributed by atoms with Crippen LogP contribution in [-0.2, 0) is 16.4 Å². The van der Waals surface area contributed by atoms with Crippen LogP contribution in [0, 0.1) is 5.92 Å². The topological polar surface area (TPSA) is 109 Å². The Labute approximate surface area is 118 Å². The predicted octanol–water partition coefficient (Wildman–Crippen LogP) is 0.492. The van der Waals surface area contributed by atoms with Crippen molar-refractivity contribution in [3.8, 4) is 0 Å². The van der Waals surface area contributed by atoms with E-state index in [0.29, 0.717) is 31.1 Å². The molecule has 1 atom stereocenters. The minimum atomic E-state index is -3.97. The molecule has 0 spiro atoms. The highest BCUT2D eigenvalue weighted by molar-refractivity contribution is 7.89. The van der Waals surface area contributed by atoms with E-state index in [9.17, 15) is 13.2 Å². The zero-order valence-electron chi connectivity index (χ0n) is 11.7. The monoisotopic (exact) mass is 300 g/mol. The molecule has 0 bridgehead atoms. The number of primary sulfonamides is 1. The van der Waals surface area contributed by atoms with Crippen LogP contribution in [0.5, 0.6) is 0 Å². The first kappa shape index (κ1) is 15.0. The van der Waals surface area contributed by atoms with Crippen LogP contribution < -0.4 is 5.14 Å². The van der Waals surface area contributed by atoms with Gasteiger partial charge in [0.05, 0.1) is 5.69 Å². The van der Waals surface area contributed by atoms with Gasteiger partial charge < -0.3 is 4.90 Å². The number of nitrogens with two attached hydrogens (primary N) is 1. The summed E-state index contributed by atoms with van der Waals surface area (Å²) in [5.74, 6) is 0.0479. The lowest BCUT2D eigenvalue weighted by Crippen LogP contribution is -2.40. The predicted molar refractivity (Wildman–Crippen MR) is 73.6 cm³/mol. The van der Waals surface area contributed by atoms with Crippen LogP contribution in [0.4, 0.5) is 0 Å². The normalized spacial score (nSPS) is 20.1. The lowest BCUT2D eigenvalue weighted by Gasteiger charge is -2.30. The summed E-state index contributed by atoms with van der Waals surface area (Å²) in [4.78, 5) is 14.0. The summed E-state index contributed by atoms with van der Waals surface area (Å²) in [6, 6.07) is 0. The third kappa shape index (κ3) is 2.85. The Hall–Kier alpha value is -1.41. The maximum Gasteiger partial charge on any atom is 0.275 e. The molecule has 1 aliphatic heterocycles. The fourth-order valence-corrected chi connectivity index (χ4v) is 3.52. The molecule has 20 heavy (non-hydrogen) atoms. The Balaban J connectivity index is 2.38. The summed E-state index contributed by atoms with van der Waals surface area (Å²) < 4.78 is 23.4. The summed E-state index contributed by atoms with van der Waals surface area (Å²) in [6.07, 6.45) is 2.41. The maximum absolute atomic E-state index is 12.5. The van der Waals surface area contributed by atoms with Crippen LogP contribution >= 0.6 is 0 Å². The number of sulfonamides is 1. The van der Waals surface area contributed by atoms with E-state index < -0.39 is 10.0 Å². The highest BCUT2D eigenvalue weighted by atomic mass is 32.2. The van der Waals surface area contributed by atoms with Crippen molar-refractivity contribution in [2.45, 2.75) is 38.0 Å². The molecule has 1 fully saturated rings. The molecule has 112 valence electrons. The smallest absolute Gasteiger partial charge is 0.275 e. The first-order valence-electron chi connectivity index (χ1n) is 6.74. The summed E-state index contributed by atoms with van der Waals surface area (Å²) in [5, 5.41) is 11.7. The first-order chi connectivity index (χ1) is 9.34. The maximum atomic E-state index is 12.5. The molecule has 0 saturated carbocycles. The molecular weight excluding hydrogens is 280 g/mol. The Morgan fingerprint density at radius 2 is 2.25 bits per heavy atom. The highest BCUT2D eigenvalue weighted by Gasteiger charge is 2.31. The second-order valence-electron chi connectivity index (χ2n) is 5.28. The molecule has 7 nitrogen and oxygen atoms in total. The van der Waals surface area contributed by atoms with E-state index in [1.54, 1.807) is 11.8 Å². The number of H-pyrrole nitrogens is 1. The van der Waals surface area contributed by atoms with Gasteiger partial charge in [0, 0.05) is 13.1 Å². The van der Waals surface area contributed by atoms with Gasteiger partial charge in [-0.3, -0.25) is 9.89 Å². The highest BCUT2D eigenvalue weighted by Crippen LogP contribution is 2.22. The number of carbonyl (C=O) groups excluding carboxylic acids is 1. The summed E-state index contributed by atoms with van der Waals surface area (Å²) in [7, 11) is -3.97. The zero-order chi connectivity index (χ0) is 14.9. The van der Waals surface area contributed by atoms with Crippen LogP contribution in [0.25, 0.3) is 0 Å². The minimum absolute atomic E-state index is 0.0848. The number of piperidine rings is 1. The first-order valence-corrected chi connectivity index (χ1v) is 8.28. The van der Waals surface area contributed by atoms with Crippen molar-refractivity contribution in [3.05, 3.63) is 11.4 Å². The van der Waals surface area contributed by atoms with E-state index in [1.165, 1.54) is 0 Å². The van der Waals surface area contributed by atoms with Crippen LogP contribution in [0.2, 0.25) is 0 Å². The number of hydrogen-bond acceptors (Lipinski definition) is 4. The number of rotatable bonds is 3. The number of hydrogen-bond donors (Lipinski definition) is 2. The Bertz CT molecular complexity index is 608. The van der Waals surface area contributed by atoms with E-state index in [-0.39, 0.29) is 16.5 Å². The number of nitrogens with zero attached hydrogens (tertiary/aromatic N) is 2. The van der Waals surface area contributed by atoms with Crippen molar-refractivity contribution in [2.75, 3.05) is 13.1 Å². The average molecular weight is 300 g/mol. The van der Waals surface area contributed by atoms with E-state index in [4.69, 9.17) is 5.14 Å².